The predicted octanol–water partition coefficient (Wildman–Crippen LogP) is 3.31. The highest BCUT2D eigenvalue weighted by molar-refractivity contribution is 6.30. The smallest absolute Gasteiger partial charge is 0.274 e. The second kappa shape index (κ2) is 8.22. The lowest BCUT2D eigenvalue weighted by Gasteiger charge is -2.07. The Labute approximate surface area is 155 Å². The van der Waals surface area contributed by atoms with E-state index >= 15 is 0 Å². The minimum atomic E-state index is -0.408. The second-order valence-corrected chi connectivity index (χ2v) is 5.85. The van der Waals surface area contributed by atoms with Gasteiger partial charge in [0.15, 0.2) is 0 Å². The number of nitrogens with zero attached hydrogens (tertiary/aromatic N) is 2. The van der Waals surface area contributed by atoms with E-state index in [0.29, 0.717) is 17.3 Å². The largest absolute Gasteiger partial charge is 0.347 e. The van der Waals surface area contributed by atoms with Gasteiger partial charge in [-0.2, -0.15) is 0 Å². The molecule has 3 aromatic rings. The van der Waals surface area contributed by atoms with Crippen LogP contribution in [0.2, 0.25) is 5.02 Å². The molecule has 0 aliphatic rings. The fraction of sp³-hybridized carbons (Fsp3) is 0.0526. The van der Waals surface area contributed by atoms with Crippen LogP contribution in [0.3, 0.4) is 0 Å². The Morgan fingerprint density at radius 3 is 2.35 bits per heavy atom. The van der Waals surface area contributed by atoms with Crippen LogP contribution < -0.4 is 10.6 Å². The molecule has 2 amide bonds. The summed E-state index contributed by atoms with van der Waals surface area (Å²) in [4.78, 5) is 32.7. The zero-order valence-electron chi connectivity index (χ0n) is 13.6. The van der Waals surface area contributed by atoms with Crippen molar-refractivity contribution in [1.29, 1.82) is 0 Å². The Hall–Kier alpha value is -3.25. The summed E-state index contributed by atoms with van der Waals surface area (Å²) in [6.07, 6.45) is 3.33. The minimum absolute atomic E-state index is 0.147. The summed E-state index contributed by atoms with van der Waals surface area (Å²) in [5.74, 6) is -0.774. The van der Waals surface area contributed by atoms with E-state index in [2.05, 4.69) is 20.6 Å². The van der Waals surface area contributed by atoms with Crippen molar-refractivity contribution < 1.29 is 9.59 Å². The molecular weight excluding hydrogens is 352 g/mol. The molecule has 3 rings (SSSR count). The number of carbonyl (C=O) groups is 2. The molecule has 0 fully saturated rings. The molecule has 0 aliphatic heterocycles. The van der Waals surface area contributed by atoms with Gasteiger partial charge in [0.25, 0.3) is 11.8 Å². The highest BCUT2D eigenvalue weighted by Crippen LogP contribution is 2.14. The molecule has 1 aromatic carbocycles. The van der Waals surface area contributed by atoms with Gasteiger partial charge in [-0.15, -0.1) is 0 Å². The molecule has 0 saturated carbocycles. The molecular formula is C19H15ClN4O2. The maximum atomic E-state index is 12.3. The Kier molecular flexibility index (Phi) is 5.56. The predicted molar refractivity (Wildman–Crippen MR) is 99.0 cm³/mol. The molecule has 2 heterocycles. The van der Waals surface area contributed by atoms with Crippen molar-refractivity contribution in [1.82, 2.24) is 15.3 Å². The molecule has 0 saturated heterocycles. The second-order valence-electron chi connectivity index (χ2n) is 5.41. The molecule has 0 bridgehead atoms. The SMILES string of the molecule is O=C(NCc1cccnc1)c1cccc(C(=O)Nc2ccc(Cl)cc2)n1. The number of amides is 2. The van der Waals surface area contributed by atoms with Gasteiger partial charge in [-0.1, -0.05) is 23.7 Å². The van der Waals surface area contributed by atoms with Crippen molar-refractivity contribution in [2.45, 2.75) is 6.54 Å². The van der Waals surface area contributed by atoms with Crippen LogP contribution in [0, 0.1) is 0 Å². The van der Waals surface area contributed by atoms with E-state index < -0.39 is 5.91 Å². The minimum Gasteiger partial charge on any atom is -0.347 e. The third-order valence-electron chi connectivity index (χ3n) is 3.49. The van der Waals surface area contributed by atoms with Crippen molar-refractivity contribution in [2.75, 3.05) is 5.32 Å². The number of hydrogen-bond acceptors (Lipinski definition) is 4. The molecule has 130 valence electrons. The molecule has 0 radical (unpaired) electrons. The van der Waals surface area contributed by atoms with Crippen LogP contribution >= 0.6 is 11.6 Å². The molecule has 0 spiro atoms. The quantitative estimate of drug-likeness (QED) is 0.725. The van der Waals surface area contributed by atoms with E-state index in [9.17, 15) is 9.59 Å². The van der Waals surface area contributed by atoms with E-state index in [1.54, 1.807) is 60.9 Å². The molecule has 2 N–H and O–H groups in total. The average molecular weight is 367 g/mol. The van der Waals surface area contributed by atoms with Crippen LogP contribution in [0.25, 0.3) is 0 Å². The summed E-state index contributed by atoms with van der Waals surface area (Å²) in [5, 5.41) is 6.04. The van der Waals surface area contributed by atoms with Crippen LogP contribution in [0.5, 0.6) is 0 Å². The fourth-order valence-electron chi connectivity index (χ4n) is 2.19. The molecule has 0 aliphatic carbocycles. The first-order valence-electron chi connectivity index (χ1n) is 7.83. The third kappa shape index (κ3) is 4.64. The summed E-state index contributed by atoms with van der Waals surface area (Å²) < 4.78 is 0. The fourth-order valence-corrected chi connectivity index (χ4v) is 2.32. The van der Waals surface area contributed by atoms with Crippen molar-refractivity contribution in [3.05, 3.63) is 89.0 Å². The van der Waals surface area contributed by atoms with Gasteiger partial charge in [0.1, 0.15) is 11.4 Å². The number of pyridine rings is 2. The number of halogens is 1. The van der Waals surface area contributed by atoms with Crippen molar-refractivity contribution >= 4 is 29.1 Å². The molecule has 2 aromatic heterocycles. The number of anilines is 1. The van der Waals surface area contributed by atoms with Crippen molar-refractivity contribution in [2.24, 2.45) is 0 Å². The summed E-state index contributed by atoms with van der Waals surface area (Å²) >= 11 is 5.82. The number of carbonyl (C=O) groups excluding carboxylic acids is 2. The van der Waals surface area contributed by atoms with Gasteiger partial charge in [0.2, 0.25) is 0 Å². The van der Waals surface area contributed by atoms with Crippen LogP contribution in [0.15, 0.2) is 67.0 Å². The Morgan fingerprint density at radius 2 is 1.65 bits per heavy atom. The number of nitrogens with one attached hydrogen (secondary N) is 2. The number of rotatable bonds is 5. The Balaban J connectivity index is 1.66. The maximum Gasteiger partial charge on any atom is 0.274 e. The summed E-state index contributed by atoms with van der Waals surface area (Å²) in [6, 6.07) is 15.1. The first-order chi connectivity index (χ1) is 12.6. The van der Waals surface area contributed by atoms with E-state index in [0.717, 1.165) is 5.56 Å². The number of benzene rings is 1. The van der Waals surface area contributed by atoms with E-state index in [-0.39, 0.29) is 17.3 Å². The van der Waals surface area contributed by atoms with Gasteiger partial charge >= 0.3 is 0 Å². The first kappa shape index (κ1) is 17.6. The van der Waals surface area contributed by atoms with Gasteiger partial charge < -0.3 is 10.6 Å². The highest BCUT2D eigenvalue weighted by atomic mass is 35.5. The maximum absolute atomic E-state index is 12.3. The normalized spacial score (nSPS) is 10.2. The monoisotopic (exact) mass is 366 g/mol. The first-order valence-corrected chi connectivity index (χ1v) is 8.21. The molecule has 0 atom stereocenters. The van der Waals surface area contributed by atoms with Crippen molar-refractivity contribution in [3.63, 3.8) is 0 Å². The van der Waals surface area contributed by atoms with Crippen LogP contribution in [0.1, 0.15) is 26.5 Å². The van der Waals surface area contributed by atoms with E-state index in [1.165, 1.54) is 0 Å². The summed E-state index contributed by atoms with van der Waals surface area (Å²) in [7, 11) is 0. The number of hydrogen-bond donors (Lipinski definition) is 2. The van der Waals surface area contributed by atoms with Gasteiger partial charge in [-0.3, -0.25) is 14.6 Å². The Bertz CT molecular complexity index is 914. The van der Waals surface area contributed by atoms with Gasteiger partial charge in [-0.25, -0.2) is 4.98 Å². The van der Waals surface area contributed by atoms with Gasteiger partial charge in [0.05, 0.1) is 0 Å². The standard InChI is InChI=1S/C19H15ClN4O2/c20-14-6-8-15(9-7-14)23-19(26)17-5-1-4-16(24-17)18(25)22-12-13-3-2-10-21-11-13/h1-11H,12H2,(H,22,25)(H,23,26). The van der Waals surface area contributed by atoms with Crippen LogP contribution in [-0.2, 0) is 6.54 Å². The summed E-state index contributed by atoms with van der Waals surface area (Å²) in [5.41, 5.74) is 1.77. The molecule has 0 unspecified atom stereocenters. The van der Waals surface area contributed by atoms with Crippen LogP contribution in [0.4, 0.5) is 5.69 Å². The molecule has 6 nitrogen and oxygen atoms in total. The highest BCUT2D eigenvalue weighted by Gasteiger charge is 2.12. The number of aromatic nitrogens is 2. The topological polar surface area (TPSA) is 84.0 Å². The van der Waals surface area contributed by atoms with E-state index in [4.69, 9.17) is 11.6 Å². The molecule has 7 heteroatoms. The third-order valence-corrected chi connectivity index (χ3v) is 3.74. The zero-order valence-corrected chi connectivity index (χ0v) is 14.4. The molecule has 26 heavy (non-hydrogen) atoms. The summed E-state index contributed by atoms with van der Waals surface area (Å²) in [6.45, 7) is 0.329. The zero-order chi connectivity index (χ0) is 18.4. The van der Waals surface area contributed by atoms with E-state index in [1.807, 2.05) is 6.07 Å². The van der Waals surface area contributed by atoms with Gasteiger partial charge in [0, 0.05) is 29.6 Å². The lowest BCUT2D eigenvalue weighted by atomic mass is 10.2. The Morgan fingerprint density at radius 1 is 0.923 bits per heavy atom. The van der Waals surface area contributed by atoms with Crippen molar-refractivity contribution in [3.8, 4) is 0 Å². The average Bonchev–Trinajstić information content (AvgIpc) is 2.69. The lowest BCUT2D eigenvalue weighted by Crippen LogP contribution is -2.25. The van der Waals surface area contributed by atoms with Crippen LogP contribution in [-0.4, -0.2) is 21.8 Å². The van der Waals surface area contributed by atoms with Gasteiger partial charge in [-0.05, 0) is 48.0 Å². The lowest BCUT2D eigenvalue weighted by molar-refractivity contribution is 0.0945.